The minimum atomic E-state index is -0.998. The Morgan fingerprint density at radius 3 is 2.88 bits per heavy atom. The van der Waals surface area contributed by atoms with Gasteiger partial charge in [-0.15, -0.1) is 0 Å². The molecule has 0 saturated heterocycles. The van der Waals surface area contributed by atoms with E-state index in [0.717, 1.165) is 0 Å². The van der Waals surface area contributed by atoms with Crippen molar-refractivity contribution in [3.05, 3.63) is 36.0 Å². The lowest BCUT2D eigenvalue weighted by atomic mass is 10.1. The number of carboxylic acid groups (broad SMARTS) is 1. The smallest absolute Gasteiger partial charge is 0.340 e. The average Bonchev–Trinajstić information content (AvgIpc) is 2.28. The Labute approximate surface area is 92.5 Å². The van der Waals surface area contributed by atoms with Gasteiger partial charge in [-0.1, -0.05) is 18.2 Å². The second kappa shape index (κ2) is 4.18. The van der Waals surface area contributed by atoms with E-state index in [2.05, 4.69) is 4.98 Å². The fraction of sp³-hybridized carbons (Fsp3) is 0.167. The van der Waals surface area contributed by atoms with Crippen LogP contribution in [0.5, 0.6) is 5.75 Å². The van der Waals surface area contributed by atoms with Gasteiger partial charge in [-0.2, -0.15) is 0 Å². The van der Waals surface area contributed by atoms with E-state index < -0.39 is 5.97 Å². The molecule has 1 aromatic heterocycles. The second-order valence-corrected chi connectivity index (χ2v) is 3.25. The van der Waals surface area contributed by atoms with Crippen LogP contribution in [0.25, 0.3) is 10.9 Å². The van der Waals surface area contributed by atoms with Crippen LogP contribution in [0.1, 0.15) is 17.3 Å². The van der Waals surface area contributed by atoms with Crippen molar-refractivity contribution in [2.45, 2.75) is 6.92 Å². The van der Waals surface area contributed by atoms with Gasteiger partial charge in [0, 0.05) is 5.39 Å². The molecule has 82 valence electrons. The van der Waals surface area contributed by atoms with E-state index in [1.165, 1.54) is 6.20 Å². The minimum absolute atomic E-state index is 0.174. The minimum Gasteiger partial charge on any atom is -0.491 e. The molecule has 2 aromatic rings. The van der Waals surface area contributed by atoms with E-state index >= 15 is 0 Å². The number of nitrogens with zero attached hydrogens (tertiary/aromatic N) is 1. The Morgan fingerprint density at radius 1 is 1.44 bits per heavy atom. The first-order valence-corrected chi connectivity index (χ1v) is 4.98. The maximum absolute atomic E-state index is 11.2. The molecule has 1 aromatic carbocycles. The number of pyridine rings is 1. The highest BCUT2D eigenvalue weighted by atomic mass is 16.5. The maximum atomic E-state index is 11.2. The molecule has 0 aliphatic rings. The SMILES string of the molecule is CCOc1cnc2ccccc2c1C(=O)O. The van der Waals surface area contributed by atoms with E-state index in [1.54, 1.807) is 25.1 Å². The number of hydrogen-bond acceptors (Lipinski definition) is 3. The molecule has 0 radical (unpaired) electrons. The first-order valence-electron chi connectivity index (χ1n) is 4.98. The standard InChI is InChI=1S/C12H11NO3/c1-2-16-10-7-13-9-6-4-3-5-8(9)11(10)12(14)15/h3-7H,2H2,1H3,(H,14,15). The molecule has 1 N–H and O–H groups in total. The molecule has 0 spiro atoms. The van der Waals surface area contributed by atoms with Crippen LogP contribution in [0.15, 0.2) is 30.5 Å². The summed E-state index contributed by atoms with van der Waals surface area (Å²) in [7, 11) is 0. The summed E-state index contributed by atoms with van der Waals surface area (Å²) in [6.07, 6.45) is 1.45. The fourth-order valence-corrected chi connectivity index (χ4v) is 1.61. The number of hydrogen-bond donors (Lipinski definition) is 1. The van der Waals surface area contributed by atoms with E-state index in [1.807, 2.05) is 6.07 Å². The van der Waals surface area contributed by atoms with Crippen molar-refractivity contribution in [3.8, 4) is 5.75 Å². The van der Waals surface area contributed by atoms with Crippen molar-refractivity contribution in [2.75, 3.05) is 6.61 Å². The molecule has 0 fully saturated rings. The molecule has 1 heterocycles. The van der Waals surface area contributed by atoms with Crippen LogP contribution in [0.4, 0.5) is 0 Å². The number of carbonyl (C=O) groups is 1. The summed E-state index contributed by atoms with van der Waals surface area (Å²) in [5, 5.41) is 9.78. The highest BCUT2D eigenvalue weighted by Crippen LogP contribution is 2.25. The highest BCUT2D eigenvalue weighted by molar-refractivity contribution is 6.04. The van der Waals surface area contributed by atoms with Gasteiger partial charge in [-0.05, 0) is 13.0 Å². The lowest BCUT2D eigenvalue weighted by molar-refractivity contribution is 0.0694. The lowest BCUT2D eigenvalue weighted by Gasteiger charge is -2.08. The van der Waals surface area contributed by atoms with Gasteiger partial charge in [0.2, 0.25) is 0 Å². The van der Waals surface area contributed by atoms with Crippen LogP contribution in [-0.4, -0.2) is 22.7 Å². The van der Waals surface area contributed by atoms with Crippen molar-refractivity contribution < 1.29 is 14.6 Å². The second-order valence-electron chi connectivity index (χ2n) is 3.25. The van der Waals surface area contributed by atoms with Gasteiger partial charge in [0.05, 0.1) is 18.3 Å². The predicted octanol–water partition coefficient (Wildman–Crippen LogP) is 2.33. The summed E-state index contributed by atoms with van der Waals surface area (Å²) in [4.78, 5) is 15.4. The fourth-order valence-electron chi connectivity index (χ4n) is 1.61. The molecule has 0 saturated carbocycles. The molecule has 0 amide bonds. The summed E-state index contributed by atoms with van der Waals surface area (Å²) < 4.78 is 5.26. The van der Waals surface area contributed by atoms with E-state index in [9.17, 15) is 9.90 Å². The molecule has 0 aliphatic heterocycles. The first kappa shape index (κ1) is 10.4. The zero-order valence-corrected chi connectivity index (χ0v) is 8.80. The Balaban J connectivity index is 2.73. The van der Waals surface area contributed by atoms with Gasteiger partial charge in [0.1, 0.15) is 5.56 Å². The molecule has 0 unspecified atom stereocenters. The summed E-state index contributed by atoms with van der Waals surface area (Å²) in [5.41, 5.74) is 0.829. The summed E-state index contributed by atoms with van der Waals surface area (Å²) in [5.74, 6) is -0.684. The molecule has 4 heteroatoms. The monoisotopic (exact) mass is 217 g/mol. The topological polar surface area (TPSA) is 59.4 Å². The van der Waals surface area contributed by atoms with Gasteiger partial charge in [-0.3, -0.25) is 4.98 Å². The molecule has 16 heavy (non-hydrogen) atoms. The number of para-hydroxylation sites is 1. The van der Waals surface area contributed by atoms with Crippen LogP contribution < -0.4 is 4.74 Å². The number of ether oxygens (including phenoxy) is 1. The number of aromatic carboxylic acids is 1. The van der Waals surface area contributed by atoms with Gasteiger partial charge < -0.3 is 9.84 Å². The van der Waals surface area contributed by atoms with Crippen LogP contribution in [0, 0.1) is 0 Å². The van der Waals surface area contributed by atoms with Gasteiger partial charge >= 0.3 is 5.97 Å². The highest BCUT2D eigenvalue weighted by Gasteiger charge is 2.15. The summed E-state index contributed by atoms with van der Waals surface area (Å²) in [6.45, 7) is 2.22. The zero-order valence-electron chi connectivity index (χ0n) is 8.80. The predicted molar refractivity (Wildman–Crippen MR) is 59.9 cm³/mol. The third-order valence-corrected chi connectivity index (χ3v) is 2.25. The van der Waals surface area contributed by atoms with Gasteiger partial charge in [0.15, 0.2) is 5.75 Å². The molecule has 2 rings (SSSR count). The van der Waals surface area contributed by atoms with E-state index in [-0.39, 0.29) is 5.56 Å². The van der Waals surface area contributed by atoms with Crippen molar-refractivity contribution in [1.82, 2.24) is 4.98 Å². The van der Waals surface area contributed by atoms with Crippen LogP contribution in [0.3, 0.4) is 0 Å². The van der Waals surface area contributed by atoms with Gasteiger partial charge in [0.25, 0.3) is 0 Å². The molecule has 0 aliphatic carbocycles. The van der Waals surface area contributed by atoms with E-state index in [4.69, 9.17) is 4.74 Å². The van der Waals surface area contributed by atoms with Crippen molar-refractivity contribution in [2.24, 2.45) is 0 Å². The number of rotatable bonds is 3. The van der Waals surface area contributed by atoms with Crippen molar-refractivity contribution in [3.63, 3.8) is 0 Å². The largest absolute Gasteiger partial charge is 0.491 e. The van der Waals surface area contributed by atoms with E-state index in [0.29, 0.717) is 23.3 Å². The number of carboxylic acids is 1. The number of aromatic nitrogens is 1. The maximum Gasteiger partial charge on any atom is 0.340 e. The quantitative estimate of drug-likeness (QED) is 0.857. The number of fused-ring (bicyclic) bond motifs is 1. The van der Waals surface area contributed by atoms with Crippen molar-refractivity contribution in [1.29, 1.82) is 0 Å². The summed E-state index contributed by atoms with van der Waals surface area (Å²) >= 11 is 0. The van der Waals surface area contributed by atoms with Gasteiger partial charge in [-0.25, -0.2) is 4.79 Å². The molecular formula is C12H11NO3. The van der Waals surface area contributed by atoms with Crippen LogP contribution in [-0.2, 0) is 0 Å². The third kappa shape index (κ3) is 1.69. The normalized spacial score (nSPS) is 10.3. The average molecular weight is 217 g/mol. The zero-order chi connectivity index (χ0) is 11.5. The molecular weight excluding hydrogens is 206 g/mol. The van der Waals surface area contributed by atoms with Crippen LogP contribution in [0.2, 0.25) is 0 Å². The Hall–Kier alpha value is -2.10. The molecule has 4 nitrogen and oxygen atoms in total. The first-order chi connectivity index (χ1) is 7.74. The summed E-state index contributed by atoms with van der Waals surface area (Å²) in [6, 6.07) is 7.11. The third-order valence-electron chi connectivity index (χ3n) is 2.25. The lowest BCUT2D eigenvalue weighted by Crippen LogP contribution is -2.04. The Kier molecular flexibility index (Phi) is 2.72. The van der Waals surface area contributed by atoms with Crippen LogP contribution >= 0.6 is 0 Å². The van der Waals surface area contributed by atoms with Crippen molar-refractivity contribution >= 4 is 16.9 Å². The Morgan fingerprint density at radius 2 is 2.19 bits per heavy atom. The number of benzene rings is 1. The molecule has 0 bridgehead atoms. The molecule has 0 atom stereocenters. The Bertz CT molecular complexity index is 537.